The molecule has 0 aliphatic carbocycles. The Labute approximate surface area is 288 Å². The Morgan fingerprint density at radius 2 is 1.23 bits per heavy atom. The number of aliphatic hydroxyl groups is 4. The van der Waals surface area contributed by atoms with Crippen LogP contribution in [0.2, 0.25) is 0 Å². The van der Waals surface area contributed by atoms with Gasteiger partial charge in [-0.15, -0.1) is 0 Å². The SMILES string of the molecule is CC/C=C\C/C=C\C/C=C\C/C=C\CCC(=O)OC(COC(=O)CCCCCCCCCCCC)COC1OC(CO)C(O)C(O)C1O. The molecule has 0 aromatic rings. The second kappa shape index (κ2) is 29.6. The number of carbonyl (C=O) groups is 2. The fraction of sp³-hybridized carbons (Fsp3) is 0.737. The van der Waals surface area contributed by atoms with Gasteiger partial charge >= 0.3 is 11.9 Å². The number of rotatable bonds is 28. The van der Waals surface area contributed by atoms with Crippen molar-refractivity contribution < 1.29 is 49.0 Å². The molecule has 0 bridgehead atoms. The Morgan fingerprint density at radius 1 is 0.667 bits per heavy atom. The van der Waals surface area contributed by atoms with Crippen molar-refractivity contribution in [1.29, 1.82) is 0 Å². The molecule has 1 heterocycles. The van der Waals surface area contributed by atoms with E-state index in [2.05, 4.69) is 50.3 Å². The van der Waals surface area contributed by atoms with E-state index in [1.54, 1.807) is 0 Å². The molecule has 0 amide bonds. The fourth-order valence-electron chi connectivity index (χ4n) is 5.08. The van der Waals surface area contributed by atoms with Gasteiger partial charge in [-0.25, -0.2) is 0 Å². The van der Waals surface area contributed by atoms with Crippen LogP contribution in [-0.4, -0.2) is 89.0 Å². The van der Waals surface area contributed by atoms with Crippen molar-refractivity contribution in [2.45, 2.75) is 160 Å². The van der Waals surface area contributed by atoms with Crippen LogP contribution in [0.25, 0.3) is 0 Å². The first-order valence-electron chi connectivity index (χ1n) is 18.2. The van der Waals surface area contributed by atoms with Gasteiger partial charge in [0, 0.05) is 12.8 Å². The van der Waals surface area contributed by atoms with Gasteiger partial charge in [-0.3, -0.25) is 9.59 Å². The molecule has 10 heteroatoms. The van der Waals surface area contributed by atoms with Gasteiger partial charge in [0.15, 0.2) is 12.4 Å². The van der Waals surface area contributed by atoms with Crippen LogP contribution in [0.4, 0.5) is 0 Å². The summed E-state index contributed by atoms with van der Waals surface area (Å²) in [6, 6.07) is 0. The molecule has 1 rings (SSSR count). The fourth-order valence-corrected chi connectivity index (χ4v) is 5.08. The van der Waals surface area contributed by atoms with E-state index in [0.717, 1.165) is 51.4 Å². The van der Waals surface area contributed by atoms with Crippen molar-refractivity contribution in [3.63, 3.8) is 0 Å². The van der Waals surface area contributed by atoms with Crippen LogP contribution in [-0.2, 0) is 28.5 Å². The number of unbranched alkanes of at least 4 members (excludes halogenated alkanes) is 9. The summed E-state index contributed by atoms with van der Waals surface area (Å²) in [6.45, 7) is 3.18. The standard InChI is InChI=1S/C38H64O10/c1-3-5-7-9-11-13-15-16-17-19-21-23-25-27-34(41)47-31(30-46-38-37(44)36(43)35(42)32(28-39)48-38)29-45-33(40)26-24-22-20-18-14-12-10-8-6-4-2/h5,7,11,13,16-17,21,23,31-32,35-39,42-44H,3-4,6,8-10,12,14-15,18-20,22,24-30H2,1-2H3/b7-5-,13-11-,17-16-,23-21-. The van der Waals surface area contributed by atoms with Gasteiger partial charge in [0.1, 0.15) is 31.0 Å². The van der Waals surface area contributed by atoms with Gasteiger partial charge in [-0.05, 0) is 38.5 Å². The summed E-state index contributed by atoms with van der Waals surface area (Å²) in [4.78, 5) is 25.0. The lowest BCUT2D eigenvalue weighted by molar-refractivity contribution is -0.305. The molecular formula is C38H64O10. The summed E-state index contributed by atoms with van der Waals surface area (Å²) < 4.78 is 21.9. The lowest BCUT2D eigenvalue weighted by atomic mass is 9.99. The highest BCUT2D eigenvalue weighted by Crippen LogP contribution is 2.22. The smallest absolute Gasteiger partial charge is 0.306 e. The molecule has 0 aromatic heterocycles. The van der Waals surface area contributed by atoms with E-state index in [0.29, 0.717) is 6.42 Å². The van der Waals surface area contributed by atoms with Crippen LogP contribution in [0.1, 0.15) is 123 Å². The molecule has 0 saturated carbocycles. The molecule has 48 heavy (non-hydrogen) atoms. The zero-order chi connectivity index (χ0) is 35.2. The molecule has 6 unspecified atom stereocenters. The predicted molar refractivity (Wildman–Crippen MR) is 187 cm³/mol. The maximum atomic E-state index is 12.6. The monoisotopic (exact) mass is 680 g/mol. The first-order chi connectivity index (χ1) is 23.3. The Kier molecular flexibility index (Phi) is 26.9. The number of allylic oxidation sites excluding steroid dienone is 8. The van der Waals surface area contributed by atoms with Crippen LogP contribution < -0.4 is 0 Å². The zero-order valence-electron chi connectivity index (χ0n) is 29.5. The molecule has 1 aliphatic rings. The number of hydrogen-bond donors (Lipinski definition) is 4. The first kappa shape index (κ1) is 43.7. The number of carbonyl (C=O) groups excluding carboxylic acids is 2. The summed E-state index contributed by atoms with van der Waals surface area (Å²) in [7, 11) is 0. The minimum Gasteiger partial charge on any atom is -0.462 e. The molecule has 6 atom stereocenters. The number of aliphatic hydroxyl groups excluding tert-OH is 4. The lowest BCUT2D eigenvalue weighted by Crippen LogP contribution is -2.59. The number of esters is 2. The normalized spacial score (nSPS) is 22.3. The van der Waals surface area contributed by atoms with Gasteiger partial charge in [0.25, 0.3) is 0 Å². The third-order valence-electron chi connectivity index (χ3n) is 7.99. The molecule has 1 aliphatic heterocycles. The summed E-state index contributed by atoms with van der Waals surface area (Å²) in [5, 5.41) is 39.8. The van der Waals surface area contributed by atoms with Crippen molar-refractivity contribution in [3.05, 3.63) is 48.6 Å². The molecule has 10 nitrogen and oxygen atoms in total. The maximum absolute atomic E-state index is 12.6. The van der Waals surface area contributed by atoms with Gasteiger partial charge in [0.05, 0.1) is 13.2 Å². The molecule has 276 valence electrons. The van der Waals surface area contributed by atoms with Crippen LogP contribution in [0.3, 0.4) is 0 Å². The molecule has 1 saturated heterocycles. The van der Waals surface area contributed by atoms with Crippen LogP contribution in [0.15, 0.2) is 48.6 Å². The Balaban J connectivity index is 2.49. The first-order valence-corrected chi connectivity index (χ1v) is 18.2. The van der Waals surface area contributed by atoms with Crippen LogP contribution in [0.5, 0.6) is 0 Å². The summed E-state index contributed by atoms with van der Waals surface area (Å²) >= 11 is 0. The van der Waals surface area contributed by atoms with Gasteiger partial charge in [-0.1, -0.05) is 120 Å². The molecule has 0 spiro atoms. The van der Waals surface area contributed by atoms with E-state index >= 15 is 0 Å². The zero-order valence-corrected chi connectivity index (χ0v) is 29.5. The maximum Gasteiger partial charge on any atom is 0.306 e. The largest absolute Gasteiger partial charge is 0.462 e. The summed E-state index contributed by atoms with van der Waals surface area (Å²) in [5.74, 6) is -0.908. The van der Waals surface area contributed by atoms with Crippen molar-refractivity contribution in [3.8, 4) is 0 Å². The highest BCUT2D eigenvalue weighted by Gasteiger charge is 2.44. The number of ether oxygens (including phenoxy) is 4. The van der Waals surface area contributed by atoms with Crippen molar-refractivity contribution in [2.24, 2.45) is 0 Å². The van der Waals surface area contributed by atoms with Gasteiger partial charge < -0.3 is 39.4 Å². The third kappa shape index (κ3) is 21.6. The molecule has 4 N–H and O–H groups in total. The second-order valence-corrected chi connectivity index (χ2v) is 12.3. The van der Waals surface area contributed by atoms with E-state index in [1.807, 2.05) is 12.2 Å². The number of hydrogen-bond acceptors (Lipinski definition) is 10. The van der Waals surface area contributed by atoms with Crippen molar-refractivity contribution in [1.82, 2.24) is 0 Å². The highest BCUT2D eigenvalue weighted by molar-refractivity contribution is 5.70. The minimum atomic E-state index is -1.60. The van der Waals surface area contributed by atoms with Crippen molar-refractivity contribution in [2.75, 3.05) is 19.8 Å². The molecule has 1 fully saturated rings. The molecule has 0 radical (unpaired) electrons. The highest BCUT2D eigenvalue weighted by atomic mass is 16.7. The molecule has 0 aromatic carbocycles. The van der Waals surface area contributed by atoms with Crippen molar-refractivity contribution >= 4 is 11.9 Å². The lowest BCUT2D eigenvalue weighted by Gasteiger charge is -2.39. The average Bonchev–Trinajstić information content (AvgIpc) is 3.08. The van der Waals surface area contributed by atoms with Crippen LogP contribution >= 0.6 is 0 Å². The third-order valence-corrected chi connectivity index (χ3v) is 7.99. The average molecular weight is 681 g/mol. The predicted octanol–water partition coefficient (Wildman–Crippen LogP) is 6.15. The summed E-state index contributed by atoms with van der Waals surface area (Å²) in [6.07, 6.45) is 24.3. The topological polar surface area (TPSA) is 152 Å². The second-order valence-electron chi connectivity index (χ2n) is 12.3. The Bertz CT molecular complexity index is 928. The van der Waals surface area contributed by atoms with Gasteiger partial charge in [-0.2, -0.15) is 0 Å². The van der Waals surface area contributed by atoms with Gasteiger partial charge in [0.2, 0.25) is 0 Å². The van der Waals surface area contributed by atoms with E-state index in [1.165, 1.54) is 38.5 Å². The Morgan fingerprint density at radius 3 is 1.81 bits per heavy atom. The quantitative estimate of drug-likeness (QED) is 0.0430. The minimum absolute atomic E-state index is 0.108. The summed E-state index contributed by atoms with van der Waals surface area (Å²) in [5.41, 5.74) is 0. The molecular weight excluding hydrogens is 616 g/mol. The van der Waals surface area contributed by atoms with E-state index in [-0.39, 0.29) is 26.1 Å². The van der Waals surface area contributed by atoms with E-state index < -0.39 is 55.4 Å². The Hall–Kier alpha value is -2.34. The van der Waals surface area contributed by atoms with Crippen LogP contribution in [0, 0.1) is 0 Å². The van der Waals surface area contributed by atoms with E-state index in [4.69, 9.17) is 18.9 Å². The van der Waals surface area contributed by atoms with E-state index in [9.17, 15) is 30.0 Å².